The molecule has 0 aromatic heterocycles. The Balaban J connectivity index is 1.87. The lowest BCUT2D eigenvalue weighted by Gasteiger charge is -2.07. The van der Waals surface area contributed by atoms with Crippen LogP contribution in [0.1, 0.15) is 15.9 Å². The molecule has 0 unspecified atom stereocenters. The van der Waals surface area contributed by atoms with Crippen LogP contribution in [0, 0.1) is 0 Å². The van der Waals surface area contributed by atoms with Gasteiger partial charge in [-0.05, 0) is 54.2 Å². The minimum Gasteiger partial charge on any atom is -0.465 e. The van der Waals surface area contributed by atoms with E-state index >= 15 is 0 Å². The SMILES string of the molecule is COC(=O)c1ccc(NC(=S)N/N=C/c2ccc(Br)cc2)cc1. The third-order valence-electron chi connectivity index (χ3n) is 2.81. The maximum Gasteiger partial charge on any atom is 0.337 e. The highest BCUT2D eigenvalue weighted by molar-refractivity contribution is 9.10. The second kappa shape index (κ2) is 8.40. The van der Waals surface area contributed by atoms with E-state index in [-0.39, 0.29) is 5.97 Å². The molecular formula is C16H14BrN3O2S. The van der Waals surface area contributed by atoms with Gasteiger partial charge in [0.2, 0.25) is 0 Å². The molecule has 0 aliphatic carbocycles. The Labute approximate surface area is 147 Å². The first-order chi connectivity index (χ1) is 11.1. The number of methoxy groups -OCH3 is 1. The fraction of sp³-hybridized carbons (Fsp3) is 0.0625. The third-order valence-corrected chi connectivity index (χ3v) is 3.54. The normalized spacial score (nSPS) is 10.3. The van der Waals surface area contributed by atoms with E-state index in [0.29, 0.717) is 10.7 Å². The number of nitrogens with zero attached hydrogens (tertiary/aromatic N) is 1. The largest absolute Gasteiger partial charge is 0.465 e. The Morgan fingerprint density at radius 3 is 2.43 bits per heavy atom. The van der Waals surface area contributed by atoms with Crippen molar-refractivity contribution in [2.24, 2.45) is 5.10 Å². The molecule has 2 N–H and O–H groups in total. The Kier molecular flexibility index (Phi) is 6.25. The van der Waals surface area contributed by atoms with Crippen LogP contribution in [0.25, 0.3) is 0 Å². The maximum absolute atomic E-state index is 11.3. The van der Waals surface area contributed by atoms with Crippen LogP contribution in [0.5, 0.6) is 0 Å². The van der Waals surface area contributed by atoms with E-state index in [4.69, 9.17) is 12.2 Å². The first kappa shape index (κ1) is 17.1. The van der Waals surface area contributed by atoms with Crippen LogP contribution < -0.4 is 10.7 Å². The summed E-state index contributed by atoms with van der Waals surface area (Å²) >= 11 is 8.52. The molecule has 7 heteroatoms. The summed E-state index contributed by atoms with van der Waals surface area (Å²) in [5, 5.41) is 7.38. The minimum absolute atomic E-state index is 0.351. The van der Waals surface area contributed by atoms with Gasteiger partial charge in [-0.1, -0.05) is 28.1 Å². The van der Waals surface area contributed by atoms with Crippen LogP contribution in [0.15, 0.2) is 58.1 Å². The van der Waals surface area contributed by atoms with Crippen LogP contribution in [0.3, 0.4) is 0 Å². The number of halogens is 1. The van der Waals surface area contributed by atoms with Crippen molar-refractivity contribution in [3.63, 3.8) is 0 Å². The summed E-state index contributed by atoms with van der Waals surface area (Å²) in [6.45, 7) is 0. The van der Waals surface area contributed by atoms with Crippen molar-refractivity contribution in [1.29, 1.82) is 0 Å². The van der Waals surface area contributed by atoms with Gasteiger partial charge in [-0.3, -0.25) is 5.43 Å². The Bertz CT molecular complexity index is 715. The smallest absolute Gasteiger partial charge is 0.337 e. The van der Waals surface area contributed by atoms with E-state index in [1.165, 1.54) is 7.11 Å². The number of anilines is 1. The molecule has 0 bridgehead atoms. The topological polar surface area (TPSA) is 62.7 Å². The molecular weight excluding hydrogens is 378 g/mol. The van der Waals surface area contributed by atoms with E-state index in [1.807, 2.05) is 24.3 Å². The van der Waals surface area contributed by atoms with Gasteiger partial charge in [-0.25, -0.2) is 4.79 Å². The highest BCUT2D eigenvalue weighted by atomic mass is 79.9. The molecule has 0 amide bonds. The van der Waals surface area contributed by atoms with Crippen LogP contribution in [-0.4, -0.2) is 24.4 Å². The van der Waals surface area contributed by atoms with Gasteiger partial charge in [-0.2, -0.15) is 5.10 Å². The fourth-order valence-electron chi connectivity index (χ4n) is 1.68. The number of benzene rings is 2. The Morgan fingerprint density at radius 2 is 1.83 bits per heavy atom. The second-order valence-electron chi connectivity index (χ2n) is 4.44. The first-order valence-electron chi connectivity index (χ1n) is 6.62. The summed E-state index contributed by atoms with van der Waals surface area (Å²) in [6.07, 6.45) is 1.67. The van der Waals surface area contributed by atoms with Gasteiger partial charge >= 0.3 is 5.97 Å². The molecule has 2 aromatic carbocycles. The second-order valence-corrected chi connectivity index (χ2v) is 5.77. The Hall–Kier alpha value is -2.25. The van der Waals surface area contributed by atoms with E-state index < -0.39 is 0 Å². The summed E-state index contributed by atoms with van der Waals surface area (Å²) in [5.74, 6) is -0.378. The molecule has 2 aromatic rings. The van der Waals surface area contributed by atoms with E-state index in [0.717, 1.165) is 15.7 Å². The predicted octanol–water partition coefficient (Wildman–Crippen LogP) is 3.56. The molecule has 118 valence electrons. The number of carbonyl (C=O) groups is 1. The van der Waals surface area contributed by atoms with E-state index in [2.05, 4.69) is 36.5 Å². The van der Waals surface area contributed by atoms with Crippen molar-refractivity contribution < 1.29 is 9.53 Å². The molecule has 2 rings (SSSR count). The summed E-state index contributed by atoms with van der Waals surface area (Å²) < 4.78 is 5.65. The number of hydrogen-bond donors (Lipinski definition) is 2. The molecule has 5 nitrogen and oxygen atoms in total. The number of ether oxygens (including phenoxy) is 1. The first-order valence-corrected chi connectivity index (χ1v) is 7.82. The van der Waals surface area contributed by atoms with Gasteiger partial charge < -0.3 is 10.1 Å². The summed E-state index contributed by atoms with van der Waals surface area (Å²) in [7, 11) is 1.34. The van der Waals surface area contributed by atoms with Crippen molar-refractivity contribution in [3.05, 3.63) is 64.1 Å². The molecule has 0 heterocycles. The van der Waals surface area contributed by atoms with Gasteiger partial charge in [0.25, 0.3) is 0 Å². The lowest BCUT2D eigenvalue weighted by molar-refractivity contribution is 0.0601. The lowest BCUT2D eigenvalue weighted by atomic mass is 10.2. The van der Waals surface area contributed by atoms with Gasteiger partial charge in [0, 0.05) is 10.2 Å². The van der Waals surface area contributed by atoms with Crippen LogP contribution in [0.4, 0.5) is 5.69 Å². The zero-order valence-corrected chi connectivity index (χ0v) is 14.6. The zero-order valence-electron chi connectivity index (χ0n) is 12.2. The monoisotopic (exact) mass is 391 g/mol. The van der Waals surface area contributed by atoms with E-state index in [1.54, 1.807) is 30.5 Å². The van der Waals surface area contributed by atoms with Gasteiger partial charge in [0.05, 0.1) is 18.9 Å². The van der Waals surface area contributed by atoms with Gasteiger partial charge in [0.1, 0.15) is 0 Å². The standard InChI is InChI=1S/C16H14BrN3O2S/c1-22-15(21)12-4-8-14(9-5-12)19-16(23)20-18-10-11-2-6-13(17)7-3-11/h2-10H,1H3,(H2,19,20,23)/b18-10+. The average molecular weight is 392 g/mol. The number of hydrazone groups is 1. The fourth-order valence-corrected chi connectivity index (χ4v) is 2.12. The number of nitrogens with one attached hydrogen (secondary N) is 2. The molecule has 0 aliphatic heterocycles. The molecule has 0 atom stereocenters. The quantitative estimate of drug-likeness (QED) is 0.361. The highest BCUT2D eigenvalue weighted by Crippen LogP contribution is 2.10. The molecule has 0 aliphatic rings. The van der Waals surface area contributed by atoms with Gasteiger partial charge in [-0.15, -0.1) is 0 Å². The van der Waals surface area contributed by atoms with Crippen LogP contribution in [0.2, 0.25) is 0 Å². The van der Waals surface area contributed by atoms with Crippen molar-refractivity contribution in [3.8, 4) is 0 Å². The number of hydrogen-bond acceptors (Lipinski definition) is 4. The zero-order chi connectivity index (χ0) is 16.7. The third kappa shape index (κ3) is 5.46. The van der Waals surface area contributed by atoms with Crippen molar-refractivity contribution in [2.75, 3.05) is 12.4 Å². The van der Waals surface area contributed by atoms with Crippen molar-refractivity contribution in [2.45, 2.75) is 0 Å². The molecule has 0 saturated carbocycles. The van der Waals surface area contributed by atoms with Crippen molar-refractivity contribution >= 4 is 51.1 Å². The average Bonchev–Trinajstić information content (AvgIpc) is 2.56. The minimum atomic E-state index is -0.378. The molecule has 0 fully saturated rings. The highest BCUT2D eigenvalue weighted by Gasteiger charge is 2.04. The van der Waals surface area contributed by atoms with Gasteiger partial charge in [0.15, 0.2) is 5.11 Å². The number of rotatable bonds is 4. The summed E-state index contributed by atoms with van der Waals surface area (Å²) in [4.78, 5) is 11.3. The Morgan fingerprint density at radius 1 is 1.17 bits per heavy atom. The number of esters is 1. The molecule has 0 saturated heterocycles. The van der Waals surface area contributed by atoms with Crippen LogP contribution in [-0.2, 0) is 4.74 Å². The molecule has 0 radical (unpaired) electrons. The molecule has 23 heavy (non-hydrogen) atoms. The van der Waals surface area contributed by atoms with E-state index in [9.17, 15) is 4.79 Å². The predicted molar refractivity (Wildman–Crippen MR) is 98.9 cm³/mol. The maximum atomic E-state index is 11.3. The number of thiocarbonyl (C=S) groups is 1. The lowest BCUT2D eigenvalue weighted by Crippen LogP contribution is -2.23. The van der Waals surface area contributed by atoms with Crippen molar-refractivity contribution in [1.82, 2.24) is 5.43 Å². The molecule has 0 spiro atoms. The summed E-state index contributed by atoms with van der Waals surface area (Å²) in [6, 6.07) is 14.5. The number of carbonyl (C=O) groups excluding carboxylic acids is 1. The summed E-state index contributed by atoms with van der Waals surface area (Å²) in [5.41, 5.74) is 4.90. The van der Waals surface area contributed by atoms with Crippen LogP contribution >= 0.6 is 28.1 Å².